The van der Waals surface area contributed by atoms with Crippen LogP contribution in [0, 0.1) is 0 Å². The fraction of sp³-hybridized carbons (Fsp3) is 0.381. The number of alkyl halides is 3. The van der Waals surface area contributed by atoms with E-state index in [9.17, 15) is 31.6 Å². The molecule has 186 valence electrons. The van der Waals surface area contributed by atoms with E-state index in [4.69, 9.17) is 14.2 Å². The molecule has 34 heavy (non-hydrogen) atoms. The summed E-state index contributed by atoms with van der Waals surface area (Å²) in [7, 11) is -3.98. The van der Waals surface area contributed by atoms with Gasteiger partial charge in [0.25, 0.3) is 0 Å². The van der Waals surface area contributed by atoms with Gasteiger partial charge in [-0.25, -0.2) is 13.5 Å². The van der Waals surface area contributed by atoms with Gasteiger partial charge in [0.2, 0.25) is 6.41 Å². The Morgan fingerprint density at radius 3 is 2.12 bits per heavy atom. The number of sulfone groups is 1. The summed E-state index contributed by atoms with van der Waals surface area (Å²) < 4.78 is 82.8. The van der Waals surface area contributed by atoms with Crippen LogP contribution >= 0.6 is 0 Å². The third-order valence-electron chi connectivity index (χ3n) is 4.77. The monoisotopic (exact) mass is 505 g/mol. The molecule has 0 unspecified atom stereocenters. The molecule has 0 bridgehead atoms. The van der Waals surface area contributed by atoms with Crippen molar-refractivity contribution in [3.63, 3.8) is 0 Å². The van der Waals surface area contributed by atoms with Gasteiger partial charge in [0.05, 0.1) is 17.3 Å². The van der Waals surface area contributed by atoms with E-state index in [0.717, 1.165) is 12.1 Å². The van der Waals surface area contributed by atoms with Crippen LogP contribution in [0.25, 0.3) is 0 Å². The summed E-state index contributed by atoms with van der Waals surface area (Å²) in [6.45, 7) is 3.23. The molecule has 2 aromatic carbocycles. The first-order valence-electron chi connectivity index (χ1n) is 9.89. The van der Waals surface area contributed by atoms with Gasteiger partial charge in [0, 0.05) is 0 Å². The Morgan fingerprint density at radius 1 is 1.12 bits per heavy atom. The molecule has 0 radical (unpaired) electrons. The molecule has 3 rings (SSSR count). The first kappa shape index (κ1) is 25.7. The van der Waals surface area contributed by atoms with Crippen molar-refractivity contribution in [2.45, 2.75) is 43.0 Å². The Hall–Kier alpha value is -2.87. The Balaban J connectivity index is 1.69. The largest absolute Gasteiger partial charge is 0.573 e. The molecule has 0 aliphatic carbocycles. The Bertz CT molecular complexity index is 1090. The molecule has 9 nitrogen and oxygen atoms in total. The minimum Gasteiger partial charge on any atom is -0.457 e. The molecule has 2 aromatic rings. The van der Waals surface area contributed by atoms with E-state index in [1.54, 1.807) is 13.8 Å². The zero-order valence-corrected chi connectivity index (χ0v) is 18.9. The quantitative estimate of drug-likeness (QED) is 0.313. The molecular formula is C21H22F3NO8S. The third-order valence-corrected chi connectivity index (χ3v) is 6.54. The van der Waals surface area contributed by atoms with Gasteiger partial charge in [-0.3, -0.25) is 10.0 Å². The zero-order chi connectivity index (χ0) is 25.1. The second-order valence-electron chi connectivity index (χ2n) is 7.79. The number of carbonyl (C=O) groups is 1. The zero-order valence-electron chi connectivity index (χ0n) is 18.1. The van der Waals surface area contributed by atoms with Gasteiger partial charge in [-0.2, -0.15) is 0 Å². The maximum Gasteiger partial charge on any atom is 0.573 e. The topological polar surface area (TPSA) is 112 Å². The molecule has 13 heteroatoms. The summed E-state index contributed by atoms with van der Waals surface area (Å²) in [6, 6.07) is 8.71. The van der Waals surface area contributed by atoms with Crippen molar-refractivity contribution >= 4 is 16.2 Å². The van der Waals surface area contributed by atoms with Crippen LogP contribution < -0.4 is 9.47 Å². The highest BCUT2D eigenvalue weighted by atomic mass is 32.2. The number of carbonyl (C=O) groups excluding carboxylic acids is 1. The lowest BCUT2D eigenvalue weighted by Gasteiger charge is -2.27. The predicted octanol–water partition coefficient (Wildman–Crippen LogP) is 3.52. The van der Waals surface area contributed by atoms with Crippen molar-refractivity contribution < 1.29 is 50.5 Å². The normalized spacial score (nSPS) is 18.8. The summed E-state index contributed by atoms with van der Waals surface area (Å²) >= 11 is 0. The lowest BCUT2D eigenvalue weighted by atomic mass is 10.2. The number of halogens is 3. The lowest BCUT2D eigenvalue weighted by Crippen LogP contribution is -2.47. The van der Waals surface area contributed by atoms with E-state index in [1.165, 1.54) is 36.4 Å². The fourth-order valence-corrected chi connectivity index (χ4v) is 4.78. The average Bonchev–Trinajstić information content (AvgIpc) is 3.11. The van der Waals surface area contributed by atoms with E-state index in [-0.39, 0.29) is 34.5 Å². The molecule has 0 aromatic heterocycles. The van der Waals surface area contributed by atoms with Gasteiger partial charge in [-0.1, -0.05) is 0 Å². The van der Waals surface area contributed by atoms with Crippen LogP contribution in [0.15, 0.2) is 53.4 Å². The molecular weight excluding hydrogens is 483 g/mol. The SMILES string of the molecule is CC1(C)OC[C@H]([C@H](CS(=O)(=O)c2ccc(Oc3ccc(OC(F)(F)F)cc3)cc2)N(O)C=O)O1. The van der Waals surface area contributed by atoms with Crippen LogP contribution in [-0.2, 0) is 24.1 Å². The molecule has 1 saturated heterocycles. The number of ether oxygens (including phenoxy) is 4. The number of benzene rings is 2. The molecule has 2 atom stereocenters. The third kappa shape index (κ3) is 6.82. The summed E-state index contributed by atoms with van der Waals surface area (Å²) in [5.41, 5.74) is 0. The minimum atomic E-state index is -4.81. The smallest absolute Gasteiger partial charge is 0.457 e. The highest BCUT2D eigenvalue weighted by Crippen LogP contribution is 2.30. The van der Waals surface area contributed by atoms with Crippen molar-refractivity contribution in [3.8, 4) is 17.2 Å². The van der Waals surface area contributed by atoms with Crippen LogP contribution in [-0.4, -0.2) is 61.8 Å². The van der Waals surface area contributed by atoms with Gasteiger partial charge in [0.15, 0.2) is 15.6 Å². The van der Waals surface area contributed by atoms with Crippen molar-refractivity contribution in [2.24, 2.45) is 0 Å². The summed E-state index contributed by atoms with van der Waals surface area (Å²) in [5.74, 6) is -1.61. The van der Waals surface area contributed by atoms with Crippen molar-refractivity contribution in [2.75, 3.05) is 12.4 Å². The van der Waals surface area contributed by atoms with Crippen molar-refractivity contribution in [1.82, 2.24) is 5.06 Å². The average molecular weight is 505 g/mol. The van der Waals surface area contributed by atoms with E-state index in [0.29, 0.717) is 0 Å². The Morgan fingerprint density at radius 2 is 1.65 bits per heavy atom. The molecule has 0 saturated carbocycles. The van der Waals surface area contributed by atoms with Crippen LogP contribution in [0.4, 0.5) is 13.2 Å². The van der Waals surface area contributed by atoms with Gasteiger partial charge in [0.1, 0.15) is 29.4 Å². The molecule has 1 heterocycles. The minimum absolute atomic E-state index is 0.0162. The number of hydrogen-bond acceptors (Lipinski definition) is 8. The van der Waals surface area contributed by atoms with Crippen LogP contribution in [0.3, 0.4) is 0 Å². The standard InChI is InChI=1S/C21H22F3NO8S/c1-20(2)30-11-19(33-20)18(25(27)13-26)12-34(28,29)17-9-7-15(8-10-17)31-14-3-5-16(6-4-14)32-21(22,23)24/h3-10,13,18-19,27H,11-12H2,1-2H3/t18-,19+/m0/s1. The Kier molecular flexibility index (Phi) is 7.41. The molecule has 1 amide bonds. The second-order valence-corrected chi connectivity index (χ2v) is 9.83. The van der Waals surface area contributed by atoms with Crippen molar-refractivity contribution in [1.29, 1.82) is 0 Å². The fourth-order valence-electron chi connectivity index (χ4n) is 3.22. The summed E-state index contributed by atoms with van der Waals surface area (Å²) in [4.78, 5) is 11.0. The Labute approximate surface area is 193 Å². The second kappa shape index (κ2) is 9.78. The lowest BCUT2D eigenvalue weighted by molar-refractivity contribution is -0.274. The van der Waals surface area contributed by atoms with E-state index >= 15 is 0 Å². The summed E-state index contributed by atoms with van der Waals surface area (Å²) in [5, 5.41) is 10.2. The van der Waals surface area contributed by atoms with Crippen molar-refractivity contribution in [3.05, 3.63) is 48.5 Å². The molecule has 1 N–H and O–H groups in total. The van der Waals surface area contributed by atoms with E-state index in [2.05, 4.69) is 4.74 Å². The van der Waals surface area contributed by atoms with Crippen LogP contribution in [0.1, 0.15) is 13.8 Å². The van der Waals surface area contributed by atoms with Gasteiger partial charge >= 0.3 is 6.36 Å². The van der Waals surface area contributed by atoms with Gasteiger partial charge < -0.3 is 18.9 Å². The maximum absolute atomic E-state index is 12.9. The number of amides is 1. The highest BCUT2D eigenvalue weighted by Gasteiger charge is 2.42. The number of nitrogens with zero attached hydrogens (tertiary/aromatic N) is 1. The summed E-state index contributed by atoms with van der Waals surface area (Å²) in [6.07, 6.45) is -5.59. The number of hydrogen-bond donors (Lipinski definition) is 1. The molecule has 1 fully saturated rings. The molecule has 0 spiro atoms. The first-order chi connectivity index (χ1) is 15.8. The highest BCUT2D eigenvalue weighted by molar-refractivity contribution is 7.91. The number of rotatable bonds is 9. The maximum atomic E-state index is 12.9. The van der Waals surface area contributed by atoms with E-state index in [1.807, 2.05) is 0 Å². The van der Waals surface area contributed by atoms with Gasteiger partial charge in [-0.15, -0.1) is 13.2 Å². The molecule has 1 aliphatic heterocycles. The first-order valence-corrected chi connectivity index (χ1v) is 11.5. The van der Waals surface area contributed by atoms with Crippen LogP contribution in [0.2, 0.25) is 0 Å². The number of hydroxylamine groups is 2. The predicted molar refractivity (Wildman–Crippen MR) is 110 cm³/mol. The van der Waals surface area contributed by atoms with E-state index < -0.39 is 45.6 Å². The van der Waals surface area contributed by atoms with Gasteiger partial charge in [-0.05, 0) is 62.4 Å². The van der Waals surface area contributed by atoms with Crippen LogP contribution in [0.5, 0.6) is 17.2 Å². The molecule has 1 aliphatic rings.